The molecule has 2 aromatic heterocycles. The number of hydrogen-bond donors (Lipinski definition) is 0. The average molecular weight is 458 g/mol. The van der Waals surface area contributed by atoms with E-state index in [4.69, 9.17) is 0 Å². The van der Waals surface area contributed by atoms with Gasteiger partial charge in [0.25, 0.3) is 5.56 Å². The Morgan fingerprint density at radius 1 is 1.19 bits per heavy atom. The van der Waals surface area contributed by atoms with Gasteiger partial charge in [-0.2, -0.15) is 0 Å². The number of aryl methyl sites for hydroxylation is 2. The van der Waals surface area contributed by atoms with Crippen LogP contribution in [0.25, 0.3) is 10.2 Å². The Morgan fingerprint density at radius 2 is 2.00 bits per heavy atom. The highest BCUT2D eigenvalue weighted by molar-refractivity contribution is 7.92. The summed E-state index contributed by atoms with van der Waals surface area (Å²) in [5, 5.41) is 0.671. The van der Waals surface area contributed by atoms with Crippen molar-refractivity contribution in [1.82, 2.24) is 9.55 Å². The lowest BCUT2D eigenvalue weighted by Gasteiger charge is -2.18. The van der Waals surface area contributed by atoms with Gasteiger partial charge >= 0.3 is 0 Å². The maximum Gasteiger partial charge on any atom is 0.262 e. The third-order valence-corrected chi connectivity index (χ3v) is 9.19. The van der Waals surface area contributed by atoms with Crippen LogP contribution in [0.3, 0.4) is 0 Å². The number of nitrogens with zero attached hydrogens (tertiary/aromatic N) is 3. The fourth-order valence-electron chi connectivity index (χ4n) is 4.53. The van der Waals surface area contributed by atoms with Crippen LogP contribution < -0.4 is 9.86 Å². The number of sulfonamides is 1. The van der Waals surface area contributed by atoms with E-state index in [2.05, 4.69) is 4.98 Å². The van der Waals surface area contributed by atoms with Crippen molar-refractivity contribution in [3.05, 3.63) is 56.4 Å². The number of Topliss-reactive ketones (excluding diaryl/α,β-unsaturated/α-hetero) is 1. The zero-order chi connectivity index (χ0) is 21.8. The van der Waals surface area contributed by atoms with Gasteiger partial charge in [-0.05, 0) is 68.4 Å². The van der Waals surface area contributed by atoms with Crippen molar-refractivity contribution in [3.8, 4) is 0 Å². The Bertz CT molecular complexity index is 1370. The molecule has 0 bridgehead atoms. The minimum absolute atomic E-state index is 0.0395. The Morgan fingerprint density at radius 3 is 2.81 bits per heavy atom. The van der Waals surface area contributed by atoms with Crippen LogP contribution in [0, 0.1) is 0 Å². The van der Waals surface area contributed by atoms with Crippen LogP contribution in [-0.2, 0) is 35.8 Å². The van der Waals surface area contributed by atoms with Gasteiger partial charge in [-0.15, -0.1) is 11.3 Å². The Hall–Kier alpha value is -2.52. The lowest BCUT2D eigenvalue weighted by molar-refractivity contribution is 0.0970. The quantitative estimate of drug-likeness (QED) is 0.550. The van der Waals surface area contributed by atoms with Crippen molar-refractivity contribution in [3.63, 3.8) is 0 Å². The number of aromatic nitrogens is 2. The van der Waals surface area contributed by atoms with E-state index in [0.717, 1.165) is 41.6 Å². The molecular weight excluding hydrogens is 434 g/mol. The molecule has 162 valence electrons. The van der Waals surface area contributed by atoms with Crippen LogP contribution in [0.2, 0.25) is 0 Å². The summed E-state index contributed by atoms with van der Waals surface area (Å²) in [5.41, 5.74) is 2.92. The van der Waals surface area contributed by atoms with E-state index >= 15 is 0 Å². The molecule has 31 heavy (non-hydrogen) atoms. The van der Waals surface area contributed by atoms with Crippen LogP contribution >= 0.6 is 11.3 Å². The third-order valence-electron chi connectivity index (χ3n) is 6.21. The highest BCUT2D eigenvalue weighted by Gasteiger charge is 2.28. The number of carbonyl (C=O) groups is 1. The number of fused-ring (bicyclic) bond motifs is 4. The van der Waals surface area contributed by atoms with Crippen molar-refractivity contribution >= 4 is 43.0 Å². The molecule has 1 aliphatic carbocycles. The van der Waals surface area contributed by atoms with Gasteiger partial charge < -0.3 is 0 Å². The topological polar surface area (TPSA) is 89.3 Å². The molecule has 0 N–H and O–H groups in total. The van der Waals surface area contributed by atoms with Gasteiger partial charge in [0, 0.05) is 17.0 Å². The number of thiophene rings is 1. The Kier molecular flexibility index (Phi) is 4.97. The smallest absolute Gasteiger partial charge is 0.262 e. The van der Waals surface area contributed by atoms with Gasteiger partial charge in [0.15, 0.2) is 5.78 Å². The SMILES string of the molecule is CCS(=O)(=O)N1CCc2cc(C(=O)Cn3cnc4sc5c(c4c3=O)CCCC5)ccc21. The average Bonchev–Trinajstić information content (AvgIpc) is 3.37. The second kappa shape index (κ2) is 7.56. The van der Waals surface area contributed by atoms with Crippen molar-refractivity contribution in [2.24, 2.45) is 0 Å². The number of carbonyl (C=O) groups excluding carboxylic acids is 1. The monoisotopic (exact) mass is 457 g/mol. The predicted molar refractivity (Wildman–Crippen MR) is 122 cm³/mol. The zero-order valence-corrected chi connectivity index (χ0v) is 18.9. The summed E-state index contributed by atoms with van der Waals surface area (Å²) >= 11 is 1.59. The van der Waals surface area contributed by atoms with Crippen LogP contribution in [-0.4, -0.2) is 36.0 Å². The van der Waals surface area contributed by atoms with E-state index in [1.165, 1.54) is 20.1 Å². The van der Waals surface area contributed by atoms with Gasteiger partial charge in [0.05, 0.1) is 29.7 Å². The van der Waals surface area contributed by atoms with Crippen LogP contribution in [0.5, 0.6) is 0 Å². The second-order valence-electron chi connectivity index (χ2n) is 8.06. The normalized spacial score (nSPS) is 15.8. The van der Waals surface area contributed by atoms with E-state index in [9.17, 15) is 18.0 Å². The molecule has 0 amide bonds. The lowest BCUT2D eigenvalue weighted by Crippen LogP contribution is -2.30. The van der Waals surface area contributed by atoms with Crippen molar-refractivity contribution in [2.45, 2.75) is 45.6 Å². The first-order valence-electron chi connectivity index (χ1n) is 10.6. The minimum atomic E-state index is -3.33. The van der Waals surface area contributed by atoms with Crippen molar-refractivity contribution in [1.29, 1.82) is 0 Å². The Balaban J connectivity index is 1.44. The zero-order valence-electron chi connectivity index (χ0n) is 17.3. The maximum absolute atomic E-state index is 13.1. The molecule has 1 aromatic carbocycles. The lowest BCUT2D eigenvalue weighted by atomic mass is 9.97. The van der Waals surface area contributed by atoms with Crippen LogP contribution in [0.4, 0.5) is 5.69 Å². The standard InChI is InChI=1S/C22H23N3O4S2/c1-2-31(28,29)25-10-9-14-11-15(7-8-17(14)25)18(26)12-24-13-23-21-20(22(24)27)16-5-3-4-6-19(16)30-21/h7-8,11,13H,2-6,9-10,12H2,1H3. The maximum atomic E-state index is 13.1. The molecule has 3 heterocycles. The van der Waals surface area contributed by atoms with E-state index in [0.29, 0.717) is 29.6 Å². The third kappa shape index (κ3) is 3.40. The fraction of sp³-hybridized carbons (Fsp3) is 0.409. The molecule has 0 unspecified atom stereocenters. The molecule has 0 fully saturated rings. The minimum Gasteiger partial charge on any atom is -0.292 e. The molecular formula is C22H23N3O4S2. The van der Waals surface area contributed by atoms with Gasteiger partial charge in [-0.25, -0.2) is 13.4 Å². The van der Waals surface area contributed by atoms with Crippen LogP contribution in [0.1, 0.15) is 46.1 Å². The summed E-state index contributed by atoms with van der Waals surface area (Å²) in [6.45, 7) is 1.94. The van der Waals surface area contributed by atoms with Crippen molar-refractivity contribution < 1.29 is 13.2 Å². The molecule has 3 aromatic rings. The highest BCUT2D eigenvalue weighted by atomic mass is 32.2. The molecule has 0 atom stereocenters. The molecule has 0 saturated heterocycles. The molecule has 0 saturated carbocycles. The second-order valence-corrected chi connectivity index (χ2v) is 11.3. The van der Waals surface area contributed by atoms with Gasteiger partial charge in [-0.3, -0.25) is 18.5 Å². The summed E-state index contributed by atoms with van der Waals surface area (Å²) in [6.07, 6.45) is 6.15. The Labute approximate surface area is 184 Å². The number of anilines is 1. The first kappa shape index (κ1) is 20.4. The van der Waals surface area contributed by atoms with E-state index < -0.39 is 10.0 Å². The van der Waals surface area contributed by atoms with Gasteiger partial charge in [0.2, 0.25) is 10.0 Å². The molecule has 0 spiro atoms. The summed E-state index contributed by atoms with van der Waals surface area (Å²) in [7, 11) is -3.33. The first-order chi connectivity index (χ1) is 14.9. The van der Waals surface area contributed by atoms with Crippen molar-refractivity contribution in [2.75, 3.05) is 16.6 Å². The number of rotatable bonds is 5. The van der Waals surface area contributed by atoms with E-state index in [1.807, 2.05) is 0 Å². The predicted octanol–water partition coefficient (Wildman–Crippen LogP) is 2.93. The van der Waals surface area contributed by atoms with Gasteiger partial charge in [0.1, 0.15) is 4.83 Å². The summed E-state index contributed by atoms with van der Waals surface area (Å²) in [5.74, 6) is -0.149. The number of benzene rings is 1. The molecule has 2 aliphatic rings. The number of ketones is 1. The molecule has 9 heteroatoms. The largest absolute Gasteiger partial charge is 0.292 e. The van der Waals surface area contributed by atoms with Gasteiger partial charge in [-0.1, -0.05) is 0 Å². The highest BCUT2D eigenvalue weighted by Crippen LogP contribution is 2.34. The molecule has 7 nitrogen and oxygen atoms in total. The molecule has 1 aliphatic heterocycles. The fourth-order valence-corrected chi connectivity index (χ4v) is 6.91. The van der Waals surface area contributed by atoms with E-state index in [1.54, 1.807) is 36.5 Å². The summed E-state index contributed by atoms with van der Waals surface area (Å²) in [4.78, 5) is 32.5. The molecule has 0 radical (unpaired) electrons. The number of hydrogen-bond acceptors (Lipinski definition) is 6. The summed E-state index contributed by atoms with van der Waals surface area (Å²) in [6, 6.07) is 5.10. The van der Waals surface area contributed by atoms with Crippen LogP contribution in [0.15, 0.2) is 29.3 Å². The molecule has 5 rings (SSSR count). The summed E-state index contributed by atoms with van der Waals surface area (Å²) < 4.78 is 27.3. The van der Waals surface area contributed by atoms with E-state index in [-0.39, 0.29) is 23.6 Å². The first-order valence-corrected chi connectivity index (χ1v) is 13.0.